The summed E-state index contributed by atoms with van der Waals surface area (Å²) in [6.45, 7) is 7.61. The molecule has 3 heterocycles. The van der Waals surface area contributed by atoms with Crippen LogP contribution in [0.15, 0.2) is 30.3 Å². The maximum atomic E-state index is 14.0. The van der Waals surface area contributed by atoms with E-state index in [0.717, 1.165) is 44.1 Å². The number of carbonyl (C=O) groups is 3. The Morgan fingerprint density at radius 2 is 1.81 bits per heavy atom. The van der Waals surface area contributed by atoms with Gasteiger partial charge in [0, 0.05) is 26.2 Å². The molecule has 4 rings (SSSR count). The molecule has 8 nitrogen and oxygen atoms in total. The number of hydrogen-bond donors (Lipinski definition) is 3. The van der Waals surface area contributed by atoms with Crippen molar-refractivity contribution in [3.63, 3.8) is 0 Å². The molecule has 2 bridgehead atoms. The summed E-state index contributed by atoms with van der Waals surface area (Å²) >= 11 is 0. The molecular formula is C29H43N3O5. The maximum Gasteiger partial charge on any atom is 0.245 e. The van der Waals surface area contributed by atoms with Gasteiger partial charge in [-0.1, -0.05) is 63.4 Å². The molecule has 1 aromatic rings. The highest BCUT2D eigenvalue weighted by atomic mass is 16.5. The minimum Gasteiger partial charge on any atom is -0.396 e. The Kier molecular flexibility index (Phi) is 8.59. The number of unbranched alkanes of at least 4 members (excludes halogenated alkanes) is 4. The fourth-order valence-electron chi connectivity index (χ4n) is 6.81. The number of nitrogens with zero attached hydrogens (tertiary/aromatic N) is 1. The minimum atomic E-state index is -0.999. The molecule has 3 saturated heterocycles. The lowest BCUT2D eigenvalue weighted by molar-refractivity contribution is -0.147. The number of aliphatic hydroxyl groups excluding tert-OH is 1. The van der Waals surface area contributed by atoms with Gasteiger partial charge in [0.25, 0.3) is 0 Å². The first-order chi connectivity index (χ1) is 17.8. The highest BCUT2D eigenvalue weighted by Crippen LogP contribution is 2.65. The van der Waals surface area contributed by atoms with Gasteiger partial charge in [-0.2, -0.15) is 0 Å². The van der Waals surface area contributed by atoms with Gasteiger partial charge in [0.1, 0.15) is 11.6 Å². The monoisotopic (exact) mass is 513 g/mol. The lowest BCUT2D eigenvalue weighted by Crippen LogP contribution is -2.56. The second kappa shape index (κ2) is 11.5. The first-order valence-electron chi connectivity index (χ1n) is 14.0. The van der Waals surface area contributed by atoms with Crippen LogP contribution in [0.3, 0.4) is 0 Å². The number of ether oxygens (including phenoxy) is 1. The summed E-state index contributed by atoms with van der Waals surface area (Å²) in [5.74, 6) is -1.82. The zero-order valence-electron chi connectivity index (χ0n) is 22.5. The molecular weight excluding hydrogens is 470 g/mol. The van der Waals surface area contributed by atoms with Crippen LogP contribution < -0.4 is 10.6 Å². The summed E-state index contributed by atoms with van der Waals surface area (Å²) in [6, 6.07) is 8.97. The van der Waals surface area contributed by atoms with Crippen molar-refractivity contribution >= 4 is 17.7 Å². The Balaban J connectivity index is 1.60. The van der Waals surface area contributed by atoms with E-state index in [1.807, 2.05) is 37.3 Å². The molecule has 3 N–H and O–H groups in total. The highest BCUT2D eigenvalue weighted by molar-refractivity contribution is 5.99. The van der Waals surface area contributed by atoms with Gasteiger partial charge in [-0.05, 0) is 44.1 Å². The van der Waals surface area contributed by atoms with Crippen LogP contribution in [0.2, 0.25) is 0 Å². The molecule has 3 aliphatic rings. The summed E-state index contributed by atoms with van der Waals surface area (Å²) in [7, 11) is 0. The standard InChI is InChI=1S/C29H43N3O5/c1-4-5-15-30-26(35)24-29-18-20(2)28(3,37-29)22(25(34)31-19-21-13-9-8-10-14-21)23(29)27(36)32(24)16-11-6-7-12-17-33/h8-10,13-14,20,22-24,33H,4-7,11-12,15-19H2,1-3H3,(H,30,35)(H,31,34)/t20?,22-,23+,24?,28+,29?/m1/s1. The molecule has 37 heavy (non-hydrogen) atoms. The minimum absolute atomic E-state index is 0.0273. The molecule has 8 heteroatoms. The van der Waals surface area contributed by atoms with Crippen molar-refractivity contribution in [2.45, 2.75) is 89.5 Å². The number of fused-ring (bicyclic) bond motifs is 1. The number of nitrogens with one attached hydrogen (secondary N) is 2. The molecule has 1 aromatic carbocycles. The Morgan fingerprint density at radius 1 is 1.08 bits per heavy atom. The van der Waals surface area contributed by atoms with Gasteiger partial charge in [0.05, 0.1) is 17.4 Å². The molecule has 3 aliphatic heterocycles. The fourth-order valence-corrected chi connectivity index (χ4v) is 6.81. The summed E-state index contributed by atoms with van der Waals surface area (Å²) in [4.78, 5) is 43.0. The van der Waals surface area contributed by atoms with Crippen LogP contribution in [0.5, 0.6) is 0 Å². The number of benzene rings is 1. The van der Waals surface area contributed by atoms with Crippen molar-refractivity contribution in [2.24, 2.45) is 17.8 Å². The lowest BCUT2D eigenvalue weighted by Gasteiger charge is -2.36. The van der Waals surface area contributed by atoms with E-state index in [-0.39, 0.29) is 30.2 Å². The molecule has 0 radical (unpaired) electrons. The van der Waals surface area contributed by atoms with Crippen LogP contribution in [-0.4, -0.2) is 64.7 Å². The van der Waals surface area contributed by atoms with Crippen LogP contribution in [0.25, 0.3) is 0 Å². The maximum absolute atomic E-state index is 14.0. The molecule has 0 aliphatic carbocycles. The average molecular weight is 514 g/mol. The van der Waals surface area contributed by atoms with E-state index >= 15 is 0 Å². The van der Waals surface area contributed by atoms with E-state index in [1.165, 1.54) is 0 Å². The quantitative estimate of drug-likeness (QED) is 0.352. The molecule has 3 fully saturated rings. The molecule has 204 valence electrons. The number of amides is 3. The lowest BCUT2D eigenvalue weighted by atomic mass is 9.62. The predicted molar refractivity (Wildman–Crippen MR) is 140 cm³/mol. The van der Waals surface area contributed by atoms with E-state index in [4.69, 9.17) is 9.84 Å². The third kappa shape index (κ3) is 5.02. The molecule has 0 aromatic heterocycles. The normalized spacial score (nSPS) is 32.0. The Labute approximate surface area is 220 Å². The average Bonchev–Trinajstić information content (AvgIpc) is 3.40. The van der Waals surface area contributed by atoms with E-state index in [2.05, 4.69) is 24.5 Å². The summed E-state index contributed by atoms with van der Waals surface area (Å²) in [6.07, 6.45) is 5.61. The third-order valence-corrected chi connectivity index (χ3v) is 8.79. The second-order valence-corrected chi connectivity index (χ2v) is 11.2. The molecule has 3 unspecified atom stereocenters. The highest BCUT2D eigenvalue weighted by Gasteiger charge is 2.79. The van der Waals surface area contributed by atoms with Gasteiger partial charge in [0.2, 0.25) is 17.7 Å². The van der Waals surface area contributed by atoms with Crippen LogP contribution >= 0.6 is 0 Å². The Hall–Kier alpha value is -2.45. The summed E-state index contributed by atoms with van der Waals surface area (Å²) in [5, 5.41) is 15.2. The van der Waals surface area contributed by atoms with E-state index in [0.29, 0.717) is 26.1 Å². The van der Waals surface area contributed by atoms with E-state index in [1.54, 1.807) is 4.90 Å². The van der Waals surface area contributed by atoms with Gasteiger partial charge in [-0.15, -0.1) is 0 Å². The van der Waals surface area contributed by atoms with Crippen LogP contribution in [0, 0.1) is 17.8 Å². The van der Waals surface area contributed by atoms with Crippen molar-refractivity contribution in [1.82, 2.24) is 15.5 Å². The van der Waals surface area contributed by atoms with Crippen LogP contribution in [0.4, 0.5) is 0 Å². The van der Waals surface area contributed by atoms with Gasteiger partial charge in [-0.3, -0.25) is 14.4 Å². The zero-order valence-corrected chi connectivity index (χ0v) is 22.5. The molecule has 0 saturated carbocycles. The predicted octanol–water partition coefficient (Wildman–Crippen LogP) is 2.78. The van der Waals surface area contributed by atoms with Crippen molar-refractivity contribution in [3.05, 3.63) is 35.9 Å². The van der Waals surface area contributed by atoms with E-state index in [9.17, 15) is 14.4 Å². The van der Waals surface area contributed by atoms with Gasteiger partial charge >= 0.3 is 0 Å². The summed E-state index contributed by atoms with van der Waals surface area (Å²) in [5.41, 5.74) is -0.819. The van der Waals surface area contributed by atoms with E-state index < -0.39 is 29.1 Å². The van der Waals surface area contributed by atoms with Crippen molar-refractivity contribution in [3.8, 4) is 0 Å². The Bertz CT molecular complexity index is 972. The number of aliphatic hydroxyl groups is 1. The van der Waals surface area contributed by atoms with Gasteiger partial charge in [-0.25, -0.2) is 0 Å². The third-order valence-electron chi connectivity index (χ3n) is 8.79. The summed E-state index contributed by atoms with van der Waals surface area (Å²) < 4.78 is 6.74. The molecule has 6 atom stereocenters. The Morgan fingerprint density at radius 3 is 2.51 bits per heavy atom. The van der Waals surface area contributed by atoms with Crippen molar-refractivity contribution in [2.75, 3.05) is 19.7 Å². The number of carbonyl (C=O) groups excluding carboxylic acids is 3. The largest absolute Gasteiger partial charge is 0.396 e. The zero-order chi connectivity index (χ0) is 26.6. The topological polar surface area (TPSA) is 108 Å². The fraction of sp³-hybridized carbons (Fsp3) is 0.690. The second-order valence-electron chi connectivity index (χ2n) is 11.2. The van der Waals surface area contributed by atoms with Gasteiger partial charge < -0.3 is 25.4 Å². The smallest absolute Gasteiger partial charge is 0.245 e. The van der Waals surface area contributed by atoms with Crippen LogP contribution in [-0.2, 0) is 25.7 Å². The molecule has 1 spiro atoms. The number of rotatable bonds is 13. The first kappa shape index (κ1) is 27.6. The van der Waals surface area contributed by atoms with Gasteiger partial charge in [0.15, 0.2) is 0 Å². The number of hydrogen-bond acceptors (Lipinski definition) is 5. The van der Waals surface area contributed by atoms with Crippen LogP contribution in [0.1, 0.15) is 71.3 Å². The molecule has 3 amide bonds. The number of likely N-dealkylation sites (tertiary alicyclic amines) is 1. The van der Waals surface area contributed by atoms with Crippen molar-refractivity contribution in [1.29, 1.82) is 0 Å². The van der Waals surface area contributed by atoms with Crippen molar-refractivity contribution < 1.29 is 24.2 Å². The first-order valence-corrected chi connectivity index (χ1v) is 14.0. The SMILES string of the molecule is CCCCNC(=O)C1N(CCCCCCO)C(=O)[C@@H]2[C@H](C(=O)NCc3ccccc3)[C@@]3(C)OC12CC3C.